The van der Waals surface area contributed by atoms with E-state index in [9.17, 15) is 14.7 Å². The molecular formula is C18H22ClN2O4+. The van der Waals surface area contributed by atoms with Gasteiger partial charge in [-0.05, 0) is 24.6 Å². The van der Waals surface area contributed by atoms with Crippen LogP contribution in [0.15, 0.2) is 35.6 Å². The van der Waals surface area contributed by atoms with Crippen LogP contribution in [0.5, 0.6) is 0 Å². The van der Waals surface area contributed by atoms with Gasteiger partial charge < -0.3 is 19.6 Å². The summed E-state index contributed by atoms with van der Waals surface area (Å²) in [5.41, 5.74) is 0.924. The van der Waals surface area contributed by atoms with Crippen LogP contribution in [-0.2, 0) is 14.3 Å². The highest BCUT2D eigenvalue weighted by atomic mass is 35.5. The summed E-state index contributed by atoms with van der Waals surface area (Å²) in [4.78, 5) is 27.5. The number of carbonyl (C=O) groups excluding carboxylic acids is 2. The molecule has 0 spiro atoms. The maximum atomic E-state index is 12.5. The molecule has 0 aromatic heterocycles. The van der Waals surface area contributed by atoms with Crippen LogP contribution < -0.4 is 4.90 Å². The van der Waals surface area contributed by atoms with Crippen LogP contribution in [0, 0.1) is 0 Å². The number of carbonyl (C=O) groups is 2. The molecule has 2 aliphatic heterocycles. The van der Waals surface area contributed by atoms with Gasteiger partial charge in [-0.1, -0.05) is 23.7 Å². The normalized spacial score (nSPS) is 21.9. The van der Waals surface area contributed by atoms with Crippen LogP contribution in [0.1, 0.15) is 18.5 Å². The summed E-state index contributed by atoms with van der Waals surface area (Å²) in [7, 11) is 0. The quantitative estimate of drug-likeness (QED) is 0.799. The Bertz CT molecular complexity index is 696. The molecule has 0 bridgehead atoms. The fourth-order valence-corrected chi connectivity index (χ4v) is 3.55. The highest BCUT2D eigenvalue weighted by molar-refractivity contribution is 6.30. The smallest absolute Gasteiger partial charge is 0.290 e. The fourth-order valence-electron chi connectivity index (χ4n) is 3.42. The third-order valence-corrected chi connectivity index (χ3v) is 5.03. The zero-order chi connectivity index (χ0) is 18.0. The number of benzene rings is 1. The Hall–Kier alpha value is -1.89. The lowest BCUT2D eigenvalue weighted by molar-refractivity contribution is -0.907. The van der Waals surface area contributed by atoms with Crippen molar-refractivity contribution < 1.29 is 24.3 Å². The highest BCUT2D eigenvalue weighted by Gasteiger charge is 2.42. The first-order valence-corrected chi connectivity index (χ1v) is 8.78. The minimum Gasteiger partial charge on any atom is -0.503 e. The Morgan fingerprint density at radius 2 is 1.96 bits per heavy atom. The number of hydrogen-bond donors (Lipinski definition) is 2. The summed E-state index contributed by atoms with van der Waals surface area (Å²) in [5.74, 6) is -1.23. The Morgan fingerprint density at radius 1 is 1.32 bits per heavy atom. The molecule has 1 aromatic rings. The topological polar surface area (TPSA) is 71.3 Å². The summed E-state index contributed by atoms with van der Waals surface area (Å²) in [6.45, 7) is 5.80. The molecule has 134 valence electrons. The van der Waals surface area contributed by atoms with Gasteiger partial charge in [0, 0.05) is 5.02 Å². The Morgan fingerprint density at radius 3 is 2.56 bits per heavy atom. The third-order valence-electron chi connectivity index (χ3n) is 4.77. The SMILES string of the molecule is CC(=O)C1=C(O)C(=O)N(CC[NH+]2CCOCC2)C1c1ccc(Cl)cc1. The van der Waals surface area contributed by atoms with Gasteiger partial charge in [0.2, 0.25) is 0 Å². The van der Waals surface area contributed by atoms with Gasteiger partial charge in [-0.3, -0.25) is 9.59 Å². The number of ketones is 1. The van der Waals surface area contributed by atoms with E-state index in [1.165, 1.54) is 11.8 Å². The number of ether oxygens (including phenoxy) is 1. The van der Waals surface area contributed by atoms with Gasteiger partial charge in [0.15, 0.2) is 11.5 Å². The van der Waals surface area contributed by atoms with E-state index in [0.717, 1.165) is 25.2 Å². The zero-order valence-corrected chi connectivity index (χ0v) is 14.9. The third kappa shape index (κ3) is 3.71. The molecule has 1 fully saturated rings. The van der Waals surface area contributed by atoms with Crippen molar-refractivity contribution in [3.05, 3.63) is 46.2 Å². The molecule has 25 heavy (non-hydrogen) atoms. The minimum absolute atomic E-state index is 0.157. The summed E-state index contributed by atoms with van der Waals surface area (Å²) >= 11 is 5.95. The van der Waals surface area contributed by atoms with Crippen molar-refractivity contribution >= 4 is 23.3 Å². The summed E-state index contributed by atoms with van der Waals surface area (Å²) in [5, 5.41) is 10.8. The van der Waals surface area contributed by atoms with Crippen molar-refractivity contribution in [3.8, 4) is 0 Å². The van der Waals surface area contributed by atoms with Crippen LogP contribution in [0.3, 0.4) is 0 Å². The average molecular weight is 366 g/mol. The lowest BCUT2D eigenvalue weighted by Crippen LogP contribution is -3.14. The van der Waals surface area contributed by atoms with Crippen molar-refractivity contribution in [1.29, 1.82) is 0 Å². The maximum Gasteiger partial charge on any atom is 0.290 e. The average Bonchev–Trinajstić information content (AvgIpc) is 2.86. The zero-order valence-electron chi connectivity index (χ0n) is 14.1. The van der Waals surface area contributed by atoms with E-state index in [0.29, 0.717) is 24.8 Å². The van der Waals surface area contributed by atoms with Gasteiger partial charge in [-0.2, -0.15) is 0 Å². The van der Waals surface area contributed by atoms with Crippen molar-refractivity contribution in [2.45, 2.75) is 13.0 Å². The van der Waals surface area contributed by atoms with Crippen LogP contribution in [0.25, 0.3) is 0 Å². The van der Waals surface area contributed by atoms with Crippen molar-refractivity contribution in [2.24, 2.45) is 0 Å². The first-order valence-electron chi connectivity index (χ1n) is 8.41. The van der Waals surface area contributed by atoms with Crippen molar-refractivity contribution in [3.63, 3.8) is 0 Å². The number of Topliss-reactive ketones (excluding diaryl/α,β-unsaturated/α-hetero) is 1. The van der Waals surface area contributed by atoms with Crippen LogP contribution in [0.4, 0.5) is 0 Å². The lowest BCUT2D eigenvalue weighted by Gasteiger charge is -2.29. The molecule has 1 amide bonds. The maximum absolute atomic E-state index is 12.5. The van der Waals surface area contributed by atoms with Gasteiger partial charge in [-0.25, -0.2) is 0 Å². The molecule has 1 unspecified atom stereocenters. The largest absolute Gasteiger partial charge is 0.503 e. The van der Waals surface area contributed by atoms with Crippen LogP contribution >= 0.6 is 11.6 Å². The molecule has 1 aromatic carbocycles. The number of aliphatic hydroxyl groups excluding tert-OH is 1. The number of nitrogens with one attached hydrogen (secondary N) is 1. The molecule has 1 saturated heterocycles. The molecule has 1 atom stereocenters. The number of nitrogens with zero attached hydrogens (tertiary/aromatic N) is 1. The van der Waals surface area contributed by atoms with E-state index in [-0.39, 0.29) is 11.4 Å². The van der Waals surface area contributed by atoms with Gasteiger partial charge >= 0.3 is 0 Å². The number of rotatable bonds is 5. The molecule has 2 heterocycles. The number of hydrogen-bond acceptors (Lipinski definition) is 4. The highest BCUT2D eigenvalue weighted by Crippen LogP contribution is 2.37. The summed E-state index contributed by atoms with van der Waals surface area (Å²) in [6.07, 6.45) is 0. The Kier molecular flexibility index (Phi) is 5.42. The molecule has 0 radical (unpaired) electrons. The van der Waals surface area contributed by atoms with E-state index in [2.05, 4.69) is 0 Å². The number of aliphatic hydroxyl groups is 1. The van der Waals surface area contributed by atoms with Gasteiger partial charge in [0.25, 0.3) is 5.91 Å². The van der Waals surface area contributed by atoms with Crippen molar-refractivity contribution in [2.75, 3.05) is 39.4 Å². The van der Waals surface area contributed by atoms with Crippen LogP contribution in [0.2, 0.25) is 5.02 Å². The molecule has 7 heteroatoms. The molecule has 3 rings (SSSR count). The second-order valence-corrected chi connectivity index (χ2v) is 6.82. The lowest BCUT2D eigenvalue weighted by atomic mass is 9.97. The monoisotopic (exact) mass is 365 g/mol. The fraction of sp³-hybridized carbons (Fsp3) is 0.444. The molecule has 0 saturated carbocycles. The second kappa shape index (κ2) is 7.56. The standard InChI is InChI=1S/C18H21ClN2O4/c1-12(22)15-16(13-2-4-14(19)5-3-13)21(18(24)17(15)23)7-6-20-8-10-25-11-9-20/h2-5,16,23H,6-11H2,1H3/p+1. The van der Waals surface area contributed by atoms with Crippen LogP contribution in [-0.4, -0.2) is 61.1 Å². The predicted octanol–water partition coefficient (Wildman–Crippen LogP) is 0.540. The first-order chi connectivity index (χ1) is 12.0. The number of morpholine rings is 1. The Labute approximate surface area is 151 Å². The van der Waals surface area contributed by atoms with E-state index < -0.39 is 17.7 Å². The second-order valence-electron chi connectivity index (χ2n) is 6.38. The predicted molar refractivity (Wildman–Crippen MR) is 92.6 cm³/mol. The molecule has 0 aliphatic carbocycles. The first kappa shape index (κ1) is 17.9. The van der Waals surface area contributed by atoms with Crippen molar-refractivity contribution in [1.82, 2.24) is 4.90 Å². The number of amides is 1. The summed E-state index contributed by atoms with van der Waals surface area (Å²) in [6, 6.07) is 6.45. The van der Waals surface area contributed by atoms with Gasteiger partial charge in [0.05, 0.1) is 37.9 Å². The summed E-state index contributed by atoms with van der Waals surface area (Å²) < 4.78 is 5.35. The number of halogens is 1. The molecule has 6 nitrogen and oxygen atoms in total. The van der Waals surface area contributed by atoms with Gasteiger partial charge in [0.1, 0.15) is 13.1 Å². The van der Waals surface area contributed by atoms with Gasteiger partial charge in [-0.15, -0.1) is 0 Å². The number of quaternary nitrogens is 1. The molecule has 2 aliphatic rings. The van der Waals surface area contributed by atoms with E-state index >= 15 is 0 Å². The molecular weight excluding hydrogens is 344 g/mol. The molecule has 2 N–H and O–H groups in total. The van der Waals surface area contributed by atoms with E-state index in [1.54, 1.807) is 29.2 Å². The minimum atomic E-state index is -0.567. The Balaban J connectivity index is 1.85. The van der Waals surface area contributed by atoms with E-state index in [1.807, 2.05) is 0 Å². The van der Waals surface area contributed by atoms with E-state index in [4.69, 9.17) is 16.3 Å².